The van der Waals surface area contributed by atoms with Gasteiger partial charge in [-0.3, -0.25) is 9.35 Å². The van der Waals surface area contributed by atoms with Gasteiger partial charge in [0.1, 0.15) is 12.7 Å². The minimum Gasteiger partial charge on any atom is -0.499 e. The van der Waals surface area contributed by atoms with Crippen LogP contribution in [0.5, 0.6) is 0 Å². The zero-order chi connectivity index (χ0) is 24.7. The number of ether oxygens (including phenoxy) is 2. The van der Waals surface area contributed by atoms with Crippen molar-refractivity contribution in [2.75, 3.05) is 6.61 Å². The molecule has 0 aliphatic carbocycles. The van der Waals surface area contributed by atoms with Crippen molar-refractivity contribution < 1.29 is 46.4 Å². The quantitative estimate of drug-likeness (QED) is 0.137. The van der Waals surface area contributed by atoms with Gasteiger partial charge < -0.3 is 23.9 Å². The van der Waals surface area contributed by atoms with Gasteiger partial charge in [-0.15, -0.1) is 0 Å². The predicted molar refractivity (Wildman–Crippen MR) is 119 cm³/mol. The molecule has 1 aliphatic rings. The molecule has 2 atom stereocenters. The fourth-order valence-corrected chi connectivity index (χ4v) is 3.94. The first-order valence-corrected chi connectivity index (χ1v) is 13.2. The third-order valence-electron chi connectivity index (χ3n) is 5.36. The van der Waals surface area contributed by atoms with Gasteiger partial charge in [0.15, 0.2) is 6.10 Å². The number of carbonyl (C=O) groups excluding carboxylic acids is 2. The summed E-state index contributed by atoms with van der Waals surface area (Å²) in [4.78, 5) is 23.2. The van der Waals surface area contributed by atoms with Crippen molar-refractivity contribution in [3.8, 4) is 0 Å². The second-order valence-electron chi connectivity index (χ2n) is 8.29. The number of aliphatic hydroxyl groups excluding tert-OH is 2. The maximum atomic E-state index is 11.8. The van der Waals surface area contributed by atoms with E-state index >= 15 is 0 Å². The van der Waals surface area contributed by atoms with Crippen LogP contribution in [-0.2, 0) is 33.6 Å². The Hall–Kier alpha value is -1.85. The fraction of sp³-hybridized carbons (Fsp3) is 0.818. The molecule has 0 spiro atoms. The number of esters is 2. The summed E-state index contributed by atoms with van der Waals surface area (Å²) in [5, 5.41) is 19.5. The van der Waals surface area contributed by atoms with Gasteiger partial charge in [-0.25, -0.2) is 4.79 Å². The summed E-state index contributed by atoms with van der Waals surface area (Å²) >= 11 is 0. The minimum atomic E-state index is -5.06. The van der Waals surface area contributed by atoms with Crippen LogP contribution in [0, 0.1) is 0 Å². The Morgan fingerprint density at radius 2 is 1.45 bits per heavy atom. The first kappa shape index (κ1) is 29.2. The van der Waals surface area contributed by atoms with E-state index in [0.29, 0.717) is 6.42 Å². The van der Waals surface area contributed by atoms with E-state index in [-0.39, 0.29) is 6.42 Å². The van der Waals surface area contributed by atoms with E-state index in [0.717, 1.165) is 19.3 Å². The van der Waals surface area contributed by atoms with Gasteiger partial charge in [0.25, 0.3) is 0 Å². The maximum Gasteiger partial charge on any atom is 0.446 e. The van der Waals surface area contributed by atoms with Crippen LogP contribution in [0.4, 0.5) is 0 Å². The summed E-state index contributed by atoms with van der Waals surface area (Å²) in [5.74, 6) is -4.07. The fourth-order valence-electron chi connectivity index (χ4n) is 3.54. The van der Waals surface area contributed by atoms with Crippen molar-refractivity contribution in [2.24, 2.45) is 0 Å². The Kier molecular flexibility index (Phi) is 14.1. The number of unbranched alkanes of at least 4 members (excludes halogenated alkanes) is 12. The molecule has 11 heteroatoms. The normalized spacial score (nSPS) is 17.2. The maximum absolute atomic E-state index is 11.8. The Labute approximate surface area is 196 Å². The third kappa shape index (κ3) is 12.8. The number of aliphatic hydroxyl groups is 2. The van der Waals surface area contributed by atoms with E-state index in [4.69, 9.17) is 9.29 Å². The lowest BCUT2D eigenvalue weighted by molar-refractivity contribution is -0.154. The number of hydrogen-bond donors (Lipinski definition) is 3. The van der Waals surface area contributed by atoms with Crippen molar-refractivity contribution in [1.29, 1.82) is 0 Å². The molecule has 0 bridgehead atoms. The molecule has 0 aromatic rings. The topological polar surface area (TPSA) is 157 Å². The molecule has 0 aromatic heterocycles. The zero-order valence-corrected chi connectivity index (χ0v) is 20.2. The minimum absolute atomic E-state index is 0.157. The molecule has 0 saturated heterocycles. The molecule has 1 heterocycles. The Balaban J connectivity index is 2.11. The van der Waals surface area contributed by atoms with Gasteiger partial charge in [0, 0.05) is 6.42 Å². The van der Waals surface area contributed by atoms with E-state index in [1.54, 1.807) is 0 Å². The average molecular weight is 495 g/mol. The summed E-state index contributed by atoms with van der Waals surface area (Å²) in [6, 6.07) is 0. The smallest absolute Gasteiger partial charge is 0.446 e. The van der Waals surface area contributed by atoms with Crippen molar-refractivity contribution >= 4 is 22.3 Å². The molecular weight excluding hydrogens is 456 g/mol. The standard InChI is InChI=1S/C22H38O10S/c1-2-3-4-5-6-7-8-9-10-11-12-13-14-15-18(24)30-16-17(23)20-21(32-33(27,28)29)19(25)22(26)31-20/h17,20,23,25H,2-16H2,1H3,(H,27,28,29)/t17-,20+/m0/s1. The lowest BCUT2D eigenvalue weighted by atomic mass is 10.0. The van der Waals surface area contributed by atoms with Crippen molar-refractivity contribution in [3.63, 3.8) is 0 Å². The monoisotopic (exact) mass is 494 g/mol. The third-order valence-corrected chi connectivity index (χ3v) is 5.75. The van der Waals surface area contributed by atoms with Gasteiger partial charge in [-0.1, -0.05) is 84.0 Å². The second-order valence-corrected chi connectivity index (χ2v) is 9.31. The van der Waals surface area contributed by atoms with Crippen LogP contribution in [0.3, 0.4) is 0 Å². The van der Waals surface area contributed by atoms with Gasteiger partial charge in [-0.05, 0) is 6.42 Å². The van der Waals surface area contributed by atoms with Crippen LogP contribution in [0.2, 0.25) is 0 Å². The Morgan fingerprint density at radius 1 is 0.970 bits per heavy atom. The molecule has 3 N–H and O–H groups in total. The molecule has 0 aromatic carbocycles. The van der Waals surface area contributed by atoms with Crippen LogP contribution in [0.15, 0.2) is 11.5 Å². The molecular formula is C22H38O10S. The zero-order valence-electron chi connectivity index (χ0n) is 19.4. The van der Waals surface area contributed by atoms with Crippen molar-refractivity contribution in [3.05, 3.63) is 11.5 Å². The highest BCUT2D eigenvalue weighted by atomic mass is 32.3. The number of hydrogen-bond acceptors (Lipinski definition) is 9. The molecule has 192 valence electrons. The summed E-state index contributed by atoms with van der Waals surface area (Å²) in [6.45, 7) is 1.61. The van der Waals surface area contributed by atoms with Crippen LogP contribution < -0.4 is 0 Å². The van der Waals surface area contributed by atoms with E-state index < -0.39 is 52.7 Å². The summed E-state index contributed by atoms with van der Waals surface area (Å²) in [7, 11) is -5.06. The van der Waals surface area contributed by atoms with Gasteiger partial charge >= 0.3 is 22.3 Å². The van der Waals surface area contributed by atoms with E-state index in [2.05, 4.69) is 15.8 Å². The van der Waals surface area contributed by atoms with Crippen molar-refractivity contribution in [1.82, 2.24) is 0 Å². The van der Waals surface area contributed by atoms with E-state index in [9.17, 15) is 28.2 Å². The average Bonchev–Trinajstić information content (AvgIpc) is 3.02. The molecule has 0 saturated carbocycles. The second kappa shape index (κ2) is 15.9. The van der Waals surface area contributed by atoms with Crippen LogP contribution >= 0.6 is 0 Å². The lowest BCUT2D eigenvalue weighted by Crippen LogP contribution is -2.34. The summed E-state index contributed by atoms with van der Waals surface area (Å²) in [6.07, 6.45) is 12.1. The molecule has 0 unspecified atom stereocenters. The van der Waals surface area contributed by atoms with Gasteiger partial charge in [-0.2, -0.15) is 8.42 Å². The van der Waals surface area contributed by atoms with Crippen LogP contribution in [0.25, 0.3) is 0 Å². The molecule has 33 heavy (non-hydrogen) atoms. The van der Waals surface area contributed by atoms with E-state index in [1.807, 2.05) is 0 Å². The first-order valence-electron chi connectivity index (χ1n) is 11.8. The number of carbonyl (C=O) groups is 2. The first-order chi connectivity index (χ1) is 15.7. The summed E-state index contributed by atoms with van der Waals surface area (Å²) < 4.78 is 44.0. The number of cyclic esters (lactones) is 1. The highest BCUT2D eigenvalue weighted by Crippen LogP contribution is 2.26. The van der Waals surface area contributed by atoms with Gasteiger partial charge in [0.05, 0.1) is 0 Å². The lowest BCUT2D eigenvalue weighted by Gasteiger charge is -2.18. The highest BCUT2D eigenvalue weighted by molar-refractivity contribution is 7.81. The molecule has 1 aliphatic heterocycles. The van der Waals surface area contributed by atoms with E-state index in [1.165, 1.54) is 57.8 Å². The molecule has 0 amide bonds. The van der Waals surface area contributed by atoms with Crippen LogP contribution in [0.1, 0.15) is 96.8 Å². The van der Waals surface area contributed by atoms with Gasteiger partial charge in [0.2, 0.25) is 11.5 Å². The number of rotatable bonds is 19. The Bertz CT molecular complexity index is 731. The van der Waals surface area contributed by atoms with Crippen LogP contribution in [-0.4, -0.2) is 53.9 Å². The van der Waals surface area contributed by atoms with Crippen molar-refractivity contribution in [2.45, 2.75) is 109 Å². The largest absolute Gasteiger partial charge is 0.499 e. The SMILES string of the molecule is CCCCCCCCCCCCCCCC(=O)OC[C@H](O)[C@H]1OC(=O)C(O)=C1OS(=O)(=O)O. The highest BCUT2D eigenvalue weighted by Gasteiger charge is 2.43. The molecule has 10 nitrogen and oxygen atoms in total. The summed E-state index contributed by atoms with van der Waals surface area (Å²) in [5.41, 5.74) is 0. The molecule has 1 rings (SSSR count). The predicted octanol–water partition coefficient (Wildman–Crippen LogP) is 3.89. The molecule has 0 radical (unpaired) electrons. The molecule has 0 fully saturated rings. The Morgan fingerprint density at radius 3 is 1.94 bits per heavy atom.